The molecule has 4 amide bonds. The number of fused-ring (bicyclic) bond motifs is 1. The van der Waals surface area contributed by atoms with Crippen LogP contribution in [0.3, 0.4) is 0 Å². The largest absolute Gasteiger partial charge is 0.481 e. The van der Waals surface area contributed by atoms with E-state index in [4.69, 9.17) is 16.6 Å². The number of benzene rings is 1. The SMILES string of the molecule is CC(O)C(NC(=O)C(N)CC(=O)O)C(=O)NC(Cc1c[nH]c2ccccc12)C(=O)NC(CC(N)=O)C(=O)O. The van der Waals surface area contributed by atoms with E-state index in [-0.39, 0.29) is 6.42 Å². The van der Waals surface area contributed by atoms with Gasteiger partial charge in [0.1, 0.15) is 18.1 Å². The van der Waals surface area contributed by atoms with Gasteiger partial charge in [-0.3, -0.25) is 24.0 Å². The summed E-state index contributed by atoms with van der Waals surface area (Å²) in [5.41, 5.74) is 11.9. The number of carboxylic acid groups (broad SMARTS) is 2. The first-order valence-corrected chi connectivity index (χ1v) is 11.4. The van der Waals surface area contributed by atoms with Gasteiger partial charge >= 0.3 is 11.9 Å². The fraction of sp³-hybridized carbons (Fsp3) is 0.391. The van der Waals surface area contributed by atoms with E-state index >= 15 is 0 Å². The number of nitrogens with two attached hydrogens (primary N) is 2. The minimum atomic E-state index is -1.68. The first-order chi connectivity index (χ1) is 17.8. The van der Waals surface area contributed by atoms with Gasteiger partial charge in [-0.2, -0.15) is 0 Å². The maximum Gasteiger partial charge on any atom is 0.326 e. The molecule has 0 fully saturated rings. The molecule has 0 aliphatic carbocycles. The van der Waals surface area contributed by atoms with E-state index in [2.05, 4.69) is 20.9 Å². The highest BCUT2D eigenvalue weighted by molar-refractivity contribution is 5.96. The van der Waals surface area contributed by atoms with Crippen molar-refractivity contribution in [1.29, 1.82) is 0 Å². The van der Waals surface area contributed by atoms with E-state index in [1.54, 1.807) is 30.5 Å². The number of aromatic amines is 1. The molecule has 0 aliphatic rings. The number of hydrogen-bond acceptors (Lipinski definition) is 8. The Morgan fingerprint density at radius 1 is 0.921 bits per heavy atom. The summed E-state index contributed by atoms with van der Waals surface area (Å²) in [5.74, 6) is -6.91. The zero-order valence-electron chi connectivity index (χ0n) is 20.3. The number of aliphatic hydroxyl groups is 1. The average molecular weight is 535 g/mol. The molecule has 0 saturated heterocycles. The molecule has 5 atom stereocenters. The van der Waals surface area contributed by atoms with Crippen LogP contribution in [0.5, 0.6) is 0 Å². The number of aromatic nitrogens is 1. The normalized spacial score (nSPS) is 14.9. The molecule has 1 aromatic heterocycles. The number of carboxylic acids is 2. The molecule has 0 radical (unpaired) electrons. The molecule has 2 rings (SSSR count). The second-order valence-corrected chi connectivity index (χ2v) is 8.63. The molecule has 206 valence electrons. The third-order valence-electron chi connectivity index (χ3n) is 5.55. The highest BCUT2D eigenvalue weighted by Crippen LogP contribution is 2.19. The minimum absolute atomic E-state index is 0.149. The van der Waals surface area contributed by atoms with Crippen molar-refractivity contribution in [2.75, 3.05) is 0 Å². The van der Waals surface area contributed by atoms with Crippen LogP contribution in [0.4, 0.5) is 0 Å². The third-order valence-corrected chi connectivity index (χ3v) is 5.55. The van der Waals surface area contributed by atoms with Crippen molar-refractivity contribution in [2.45, 2.75) is 56.5 Å². The lowest BCUT2D eigenvalue weighted by molar-refractivity contribution is -0.143. The number of rotatable bonds is 14. The number of carbonyl (C=O) groups is 6. The molecule has 1 aromatic carbocycles. The second kappa shape index (κ2) is 13.2. The third kappa shape index (κ3) is 8.28. The van der Waals surface area contributed by atoms with Gasteiger partial charge in [0, 0.05) is 23.5 Å². The minimum Gasteiger partial charge on any atom is -0.481 e. The Kier molecular flexibility index (Phi) is 10.3. The molecule has 2 aromatic rings. The quantitative estimate of drug-likeness (QED) is 0.121. The monoisotopic (exact) mass is 534 g/mol. The van der Waals surface area contributed by atoms with E-state index in [1.807, 2.05) is 0 Å². The van der Waals surface area contributed by atoms with Crippen molar-refractivity contribution in [3.8, 4) is 0 Å². The zero-order valence-corrected chi connectivity index (χ0v) is 20.3. The average Bonchev–Trinajstić information content (AvgIpc) is 3.23. The van der Waals surface area contributed by atoms with Crippen LogP contribution in [0.15, 0.2) is 30.5 Å². The molecule has 0 bridgehead atoms. The Bertz CT molecular complexity index is 1210. The van der Waals surface area contributed by atoms with Crippen LogP contribution in [0.2, 0.25) is 0 Å². The van der Waals surface area contributed by atoms with Crippen molar-refractivity contribution in [1.82, 2.24) is 20.9 Å². The smallest absolute Gasteiger partial charge is 0.326 e. The summed E-state index contributed by atoms with van der Waals surface area (Å²) in [6.07, 6.45) is -1.49. The number of hydrogen-bond donors (Lipinski definition) is 9. The van der Waals surface area contributed by atoms with Gasteiger partial charge < -0.3 is 47.7 Å². The lowest BCUT2D eigenvalue weighted by Gasteiger charge is -2.26. The second-order valence-electron chi connectivity index (χ2n) is 8.63. The number of aliphatic hydroxyl groups excluding tert-OH is 1. The first kappa shape index (κ1) is 29.7. The summed E-state index contributed by atoms with van der Waals surface area (Å²) in [7, 11) is 0. The molecule has 5 unspecified atom stereocenters. The van der Waals surface area contributed by atoms with Crippen LogP contribution in [-0.2, 0) is 35.2 Å². The molecule has 15 heteroatoms. The molecule has 0 aliphatic heterocycles. The van der Waals surface area contributed by atoms with Gasteiger partial charge in [-0.05, 0) is 18.6 Å². The number of H-pyrrole nitrogens is 1. The summed E-state index contributed by atoms with van der Waals surface area (Å²) >= 11 is 0. The fourth-order valence-electron chi connectivity index (χ4n) is 3.61. The molecular formula is C23H30N6O9. The molecule has 0 saturated carbocycles. The van der Waals surface area contributed by atoms with Gasteiger partial charge in [-0.1, -0.05) is 18.2 Å². The van der Waals surface area contributed by atoms with Gasteiger partial charge in [0.15, 0.2) is 0 Å². The number of para-hydroxylation sites is 1. The number of amides is 4. The van der Waals surface area contributed by atoms with E-state index in [9.17, 15) is 39.0 Å². The van der Waals surface area contributed by atoms with E-state index < -0.39 is 78.7 Å². The molecule has 38 heavy (non-hydrogen) atoms. The van der Waals surface area contributed by atoms with Crippen LogP contribution < -0.4 is 27.4 Å². The van der Waals surface area contributed by atoms with E-state index in [0.29, 0.717) is 10.9 Å². The van der Waals surface area contributed by atoms with Crippen LogP contribution in [0, 0.1) is 0 Å². The van der Waals surface area contributed by atoms with Crippen LogP contribution in [0.25, 0.3) is 10.9 Å². The lowest BCUT2D eigenvalue weighted by atomic mass is 10.0. The Morgan fingerprint density at radius 3 is 2.13 bits per heavy atom. The summed E-state index contributed by atoms with van der Waals surface area (Å²) in [6.45, 7) is 1.18. The molecule has 1 heterocycles. The van der Waals surface area contributed by atoms with Gasteiger partial charge in [0.25, 0.3) is 0 Å². The van der Waals surface area contributed by atoms with Crippen molar-refractivity contribution in [2.24, 2.45) is 11.5 Å². The predicted octanol–water partition coefficient (Wildman–Crippen LogP) is -2.69. The van der Waals surface area contributed by atoms with E-state index in [1.165, 1.54) is 6.92 Å². The molecule has 15 nitrogen and oxygen atoms in total. The number of carbonyl (C=O) groups excluding carboxylic acids is 4. The van der Waals surface area contributed by atoms with Gasteiger partial charge in [-0.15, -0.1) is 0 Å². The van der Waals surface area contributed by atoms with Crippen LogP contribution in [0.1, 0.15) is 25.3 Å². The van der Waals surface area contributed by atoms with Crippen LogP contribution in [-0.4, -0.2) is 86.1 Å². The predicted molar refractivity (Wildman–Crippen MR) is 131 cm³/mol. The molecular weight excluding hydrogens is 504 g/mol. The Morgan fingerprint density at radius 2 is 1.55 bits per heavy atom. The highest BCUT2D eigenvalue weighted by atomic mass is 16.4. The maximum atomic E-state index is 13.1. The van der Waals surface area contributed by atoms with Gasteiger partial charge in [0.05, 0.1) is 25.0 Å². The fourth-order valence-corrected chi connectivity index (χ4v) is 3.61. The first-order valence-electron chi connectivity index (χ1n) is 11.4. The van der Waals surface area contributed by atoms with Crippen molar-refractivity contribution >= 4 is 46.5 Å². The Balaban J connectivity index is 2.31. The zero-order chi connectivity index (χ0) is 28.6. The van der Waals surface area contributed by atoms with Crippen molar-refractivity contribution in [3.05, 3.63) is 36.0 Å². The lowest BCUT2D eigenvalue weighted by Crippen LogP contribution is -2.60. The summed E-state index contributed by atoms with van der Waals surface area (Å²) in [6, 6.07) is 0.804. The summed E-state index contributed by atoms with van der Waals surface area (Å²) in [5, 5.41) is 35.7. The number of primary amides is 1. The Hall–Kier alpha value is -4.50. The topological polar surface area (TPSA) is 267 Å². The van der Waals surface area contributed by atoms with Crippen molar-refractivity contribution in [3.63, 3.8) is 0 Å². The summed E-state index contributed by atoms with van der Waals surface area (Å²) in [4.78, 5) is 75.0. The van der Waals surface area contributed by atoms with Gasteiger partial charge in [0.2, 0.25) is 23.6 Å². The molecule has 0 spiro atoms. The number of nitrogens with one attached hydrogen (secondary N) is 4. The number of aliphatic carboxylic acids is 2. The molecule has 11 N–H and O–H groups in total. The standard InChI is InChI=1S/C23H30N6O9/c1-10(30)19(29-20(34)13(24)7-18(32)33)22(36)27-15(21(35)28-16(23(37)38)8-17(25)31)6-11-9-26-14-5-3-2-4-12(11)14/h2-5,9-10,13,15-16,19,26,30H,6-8,24H2,1H3,(H2,25,31)(H,27,36)(H,28,35)(H,29,34)(H,32,33)(H,37,38). The van der Waals surface area contributed by atoms with E-state index in [0.717, 1.165) is 5.52 Å². The highest BCUT2D eigenvalue weighted by Gasteiger charge is 2.33. The Labute approximate surface area is 215 Å². The van der Waals surface area contributed by atoms with Gasteiger partial charge in [-0.25, -0.2) is 4.79 Å². The van der Waals surface area contributed by atoms with Crippen molar-refractivity contribution < 1.29 is 44.1 Å². The summed E-state index contributed by atoms with van der Waals surface area (Å²) < 4.78 is 0. The van der Waals surface area contributed by atoms with Crippen LogP contribution >= 0.6 is 0 Å². The maximum absolute atomic E-state index is 13.1.